The van der Waals surface area contributed by atoms with Crippen molar-refractivity contribution in [2.75, 3.05) is 6.54 Å². The molecule has 0 bridgehead atoms. The second kappa shape index (κ2) is 6.10. The maximum absolute atomic E-state index is 12.9. The number of alkyl halides is 2. The minimum atomic E-state index is -2.61. The van der Waals surface area contributed by atoms with Crippen LogP contribution in [0.1, 0.15) is 61.9 Å². The minimum absolute atomic E-state index is 0.250. The molecule has 2 fully saturated rings. The molecule has 1 amide bonds. The Kier molecular flexibility index (Phi) is 4.41. The number of benzene rings is 1. The molecule has 0 radical (unpaired) electrons. The van der Waals surface area contributed by atoms with Gasteiger partial charge in [-0.2, -0.15) is 0 Å². The van der Waals surface area contributed by atoms with Crippen LogP contribution in [0.15, 0.2) is 24.3 Å². The first-order valence-corrected chi connectivity index (χ1v) is 8.65. The van der Waals surface area contributed by atoms with Crippen LogP contribution in [0.2, 0.25) is 0 Å². The highest BCUT2D eigenvalue weighted by Gasteiger charge is 2.46. The first-order valence-electron chi connectivity index (χ1n) is 8.65. The molecule has 1 aromatic carbocycles. The summed E-state index contributed by atoms with van der Waals surface area (Å²) in [6.45, 7) is 7.56. The Labute approximate surface area is 142 Å². The van der Waals surface area contributed by atoms with Crippen molar-refractivity contribution >= 4 is 5.91 Å². The zero-order chi connectivity index (χ0) is 17.5. The van der Waals surface area contributed by atoms with Crippen molar-refractivity contribution in [3.63, 3.8) is 0 Å². The summed E-state index contributed by atoms with van der Waals surface area (Å²) in [5.41, 5.74) is 1.96. The highest BCUT2D eigenvalue weighted by Crippen LogP contribution is 2.41. The van der Waals surface area contributed by atoms with Crippen LogP contribution in [0.4, 0.5) is 8.78 Å². The Bertz CT molecular complexity index is 616. The Morgan fingerprint density at radius 3 is 2.62 bits per heavy atom. The number of halogens is 2. The Hall–Kier alpha value is -1.49. The van der Waals surface area contributed by atoms with Crippen LogP contribution in [0, 0.1) is 5.41 Å². The van der Waals surface area contributed by atoms with Crippen LogP contribution in [0.25, 0.3) is 0 Å². The molecule has 0 spiro atoms. The summed E-state index contributed by atoms with van der Waals surface area (Å²) in [6.07, 6.45) is 0.579. The Balaban J connectivity index is 1.54. The lowest BCUT2D eigenvalue weighted by atomic mass is 9.88. The molecule has 2 atom stereocenters. The van der Waals surface area contributed by atoms with Gasteiger partial charge in [0.15, 0.2) is 0 Å². The van der Waals surface area contributed by atoms with Gasteiger partial charge >= 0.3 is 0 Å². The molecule has 2 aliphatic rings. The average Bonchev–Trinajstić information content (AvgIpc) is 3.22. The predicted molar refractivity (Wildman–Crippen MR) is 90.5 cm³/mol. The van der Waals surface area contributed by atoms with Gasteiger partial charge in [-0.15, -0.1) is 0 Å². The van der Waals surface area contributed by atoms with Crippen LogP contribution >= 0.6 is 0 Å². The van der Waals surface area contributed by atoms with E-state index in [4.69, 9.17) is 0 Å². The van der Waals surface area contributed by atoms with Gasteiger partial charge in [-0.1, -0.05) is 32.9 Å². The molecule has 24 heavy (non-hydrogen) atoms. The highest BCUT2D eigenvalue weighted by molar-refractivity contribution is 5.94. The third-order valence-electron chi connectivity index (χ3n) is 4.69. The van der Waals surface area contributed by atoms with Crippen molar-refractivity contribution in [2.45, 2.75) is 64.0 Å². The number of rotatable bonds is 5. The van der Waals surface area contributed by atoms with Crippen molar-refractivity contribution in [3.8, 4) is 0 Å². The van der Waals surface area contributed by atoms with Gasteiger partial charge in [-0.05, 0) is 29.5 Å². The third kappa shape index (κ3) is 4.32. The number of carbonyl (C=O) groups is 1. The number of amides is 1. The molecular weight excluding hydrogens is 310 g/mol. The van der Waals surface area contributed by atoms with E-state index in [-0.39, 0.29) is 24.2 Å². The van der Waals surface area contributed by atoms with Gasteiger partial charge < -0.3 is 10.6 Å². The van der Waals surface area contributed by atoms with Crippen molar-refractivity contribution in [3.05, 3.63) is 35.4 Å². The SMILES string of the molecule is CC(C)(C)CNC1CC1c1cccc(C(=O)NC2CC(F)(F)C2)c1. The van der Waals surface area contributed by atoms with E-state index in [2.05, 4.69) is 31.4 Å². The average molecular weight is 336 g/mol. The molecule has 2 unspecified atom stereocenters. The fraction of sp³-hybridized carbons (Fsp3) is 0.632. The summed E-state index contributed by atoms with van der Waals surface area (Å²) in [7, 11) is 0. The largest absolute Gasteiger partial charge is 0.349 e. The Morgan fingerprint density at radius 1 is 1.29 bits per heavy atom. The molecule has 0 saturated heterocycles. The van der Waals surface area contributed by atoms with Gasteiger partial charge in [0.2, 0.25) is 0 Å². The number of nitrogens with one attached hydrogen (secondary N) is 2. The van der Waals surface area contributed by atoms with Gasteiger partial charge in [-0.25, -0.2) is 8.78 Å². The lowest BCUT2D eigenvalue weighted by molar-refractivity contribution is -0.0901. The van der Waals surface area contributed by atoms with Crippen LogP contribution in [-0.2, 0) is 0 Å². The summed E-state index contributed by atoms with van der Waals surface area (Å²) in [4.78, 5) is 12.2. The van der Waals surface area contributed by atoms with E-state index in [1.807, 2.05) is 18.2 Å². The summed E-state index contributed by atoms with van der Waals surface area (Å²) in [6, 6.07) is 7.62. The lowest BCUT2D eigenvalue weighted by Gasteiger charge is -2.35. The second-order valence-corrected chi connectivity index (χ2v) is 8.45. The van der Waals surface area contributed by atoms with Crippen molar-refractivity contribution < 1.29 is 13.6 Å². The standard InChI is InChI=1S/C19H26F2N2O/c1-18(2,3)11-22-16-8-15(16)12-5-4-6-13(7-12)17(24)23-14-9-19(20,21)10-14/h4-7,14-16,22H,8-11H2,1-3H3,(H,23,24). The summed E-state index contributed by atoms with van der Waals surface area (Å²) < 4.78 is 25.7. The van der Waals surface area contributed by atoms with E-state index in [0.29, 0.717) is 17.5 Å². The molecule has 2 aliphatic carbocycles. The van der Waals surface area contributed by atoms with E-state index < -0.39 is 12.0 Å². The number of hydrogen-bond acceptors (Lipinski definition) is 2. The molecule has 132 valence electrons. The van der Waals surface area contributed by atoms with E-state index >= 15 is 0 Å². The molecule has 0 heterocycles. The second-order valence-electron chi connectivity index (χ2n) is 8.45. The molecule has 1 aromatic rings. The number of hydrogen-bond donors (Lipinski definition) is 2. The molecule has 0 aromatic heterocycles. The quantitative estimate of drug-likeness (QED) is 0.861. The molecule has 5 heteroatoms. The van der Waals surface area contributed by atoms with Crippen molar-refractivity contribution in [1.29, 1.82) is 0 Å². The maximum Gasteiger partial charge on any atom is 0.252 e. The summed E-state index contributed by atoms with van der Waals surface area (Å²) in [5.74, 6) is -2.43. The van der Waals surface area contributed by atoms with E-state index in [0.717, 1.165) is 18.5 Å². The number of carbonyl (C=O) groups excluding carboxylic acids is 1. The lowest BCUT2D eigenvalue weighted by Crippen LogP contribution is -2.50. The predicted octanol–water partition coefficient (Wildman–Crippen LogP) is 3.71. The molecule has 3 rings (SSSR count). The molecule has 0 aliphatic heterocycles. The first kappa shape index (κ1) is 17.3. The normalized spacial score (nSPS) is 25.9. The maximum atomic E-state index is 12.9. The third-order valence-corrected chi connectivity index (χ3v) is 4.69. The van der Waals surface area contributed by atoms with E-state index in [1.54, 1.807) is 6.07 Å². The smallest absolute Gasteiger partial charge is 0.252 e. The highest BCUT2D eigenvalue weighted by atomic mass is 19.3. The fourth-order valence-corrected chi connectivity index (χ4v) is 3.17. The molecular formula is C19H26F2N2O. The van der Waals surface area contributed by atoms with Crippen molar-refractivity contribution in [2.24, 2.45) is 5.41 Å². The van der Waals surface area contributed by atoms with Gasteiger partial charge in [0.1, 0.15) is 0 Å². The van der Waals surface area contributed by atoms with Gasteiger partial charge in [0.25, 0.3) is 11.8 Å². The Morgan fingerprint density at radius 2 is 2.00 bits per heavy atom. The first-order chi connectivity index (χ1) is 11.1. The summed E-state index contributed by atoms with van der Waals surface area (Å²) in [5, 5.41) is 6.27. The topological polar surface area (TPSA) is 41.1 Å². The van der Waals surface area contributed by atoms with E-state index in [9.17, 15) is 13.6 Å². The zero-order valence-corrected chi connectivity index (χ0v) is 14.5. The summed E-state index contributed by atoms with van der Waals surface area (Å²) >= 11 is 0. The molecule has 2 saturated carbocycles. The van der Waals surface area contributed by atoms with Crippen molar-refractivity contribution in [1.82, 2.24) is 10.6 Å². The van der Waals surface area contributed by atoms with Crippen LogP contribution in [-0.4, -0.2) is 30.5 Å². The van der Waals surface area contributed by atoms with E-state index in [1.165, 1.54) is 0 Å². The fourth-order valence-electron chi connectivity index (χ4n) is 3.17. The monoisotopic (exact) mass is 336 g/mol. The van der Waals surface area contributed by atoms with Gasteiger partial charge in [-0.3, -0.25) is 4.79 Å². The molecule has 3 nitrogen and oxygen atoms in total. The van der Waals surface area contributed by atoms with Crippen LogP contribution < -0.4 is 10.6 Å². The molecule has 2 N–H and O–H groups in total. The zero-order valence-electron chi connectivity index (χ0n) is 14.5. The van der Waals surface area contributed by atoms with Gasteiger partial charge in [0, 0.05) is 43.0 Å². The van der Waals surface area contributed by atoms with Gasteiger partial charge in [0.05, 0.1) is 0 Å². The van der Waals surface area contributed by atoms with Crippen LogP contribution in [0.5, 0.6) is 0 Å². The van der Waals surface area contributed by atoms with Crippen LogP contribution in [0.3, 0.4) is 0 Å². The minimum Gasteiger partial charge on any atom is -0.349 e.